The first-order valence-corrected chi connectivity index (χ1v) is 11.4. The van der Waals surface area contributed by atoms with Crippen LogP contribution in [0.5, 0.6) is 0 Å². The molecule has 1 aliphatic rings. The third-order valence-electron chi connectivity index (χ3n) is 6.26. The highest BCUT2D eigenvalue weighted by molar-refractivity contribution is 6.30. The van der Waals surface area contributed by atoms with Gasteiger partial charge in [-0.3, -0.25) is 0 Å². The molecule has 2 aromatic heterocycles. The first-order chi connectivity index (χ1) is 15.6. The van der Waals surface area contributed by atoms with E-state index in [4.69, 9.17) is 11.6 Å². The van der Waals surface area contributed by atoms with Crippen LogP contribution in [0.15, 0.2) is 29.1 Å². The number of piperazine rings is 1. The molecule has 3 heterocycles. The SMILES string of the molecule is Cc1cc2c(N3CCN(C(=O)O)C[C@@H]3C)nc(=O)n(-c3c(C)cccc3C(C)C)c2nc1Cl. The van der Waals surface area contributed by atoms with E-state index in [-0.39, 0.29) is 12.0 Å². The molecule has 4 rings (SSSR count). The Balaban J connectivity index is 1.99. The van der Waals surface area contributed by atoms with E-state index in [0.29, 0.717) is 41.6 Å². The molecule has 0 unspecified atom stereocenters. The van der Waals surface area contributed by atoms with E-state index in [2.05, 4.69) is 23.8 Å². The molecule has 0 bridgehead atoms. The summed E-state index contributed by atoms with van der Waals surface area (Å²) in [5.74, 6) is 0.697. The smallest absolute Gasteiger partial charge is 0.407 e. The summed E-state index contributed by atoms with van der Waals surface area (Å²) in [6.45, 7) is 11.0. The summed E-state index contributed by atoms with van der Waals surface area (Å²) < 4.78 is 1.56. The molecular formula is C24H28ClN5O3. The van der Waals surface area contributed by atoms with Crippen molar-refractivity contribution >= 4 is 34.5 Å². The number of carboxylic acid groups (broad SMARTS) is 1. The minimum Gasteiger partial charge on any atom is -0.465 e. The van der Waals surface area contributed by atoms with Gasteiger partial charge in [0.1, 0.15) is 11.0 Å². The Morgan fingerprint density at radius 2 is 1.91 bits per heavy atom. The molecule has 1 saturated heterocycles. The highest BCUT2D eigenvalue weighted by atomic mass is 35.5. The fourth-order valence-electron chi connectivity index (χ4n) is 4.53. The minimum atomic E-state index is -0.945. The average Bonchev–Trinajstić information content (AvgIpc) is 2.75. The molecule has 1 atom stereocenters. The molecule has 33 heavy (non-hydrogen) atoms. The van der Waals surface area contributed by atoms with Gasteiger partial charge in [-0.1, -0.05) is 43.6 Å². The van der Waals surface area contributed by atoms with Crippen LogP contribution in [0, 0.1) is 13.8 Å². The monoisotopic (exact) mass is 469 g/mol. The van der Waals surface area contributed by atoms with E-state index in [1.807, 2.05) is 49.9 Å². The molecule has 0 spiro atoms. The first-order valence-electron chi connectivity index (χ1n) is 11.0. The lowest BCUT2D eigenvalue weighted by Gasteiger charge is -2.39. The van der Waals surface area contributed by atoms with Gasteiger partial charge in [-0.2, -0.15) is 4.98 Å². The zero-order chi connectivity index (χ0) is 24.0. The van der Waals surface area contributed by atoms with Gasteiger partial charge in [0.2, 0.25) is 0 Å². The maximum absolute atomic E-state index is 13.5. The van der Waals surface area contributed by atoms with Crippen molar-refractivity contribution in [2.75, 3.05) is 24.5 Å². The van der Waals surface area contributed by atoms with E-state index in [0.717, 1.165) is 22.4 Å². The number of halogens is 1. The van der Waals surface area contributed by atoms with Crippen molar-refractivity contribution in [2.24, 2.45) is 0 Å². The highest BCUT2D eigenvalue weighted by Crippen LogP contribution is 2.32. The fourth-order valence-corrected chi connectivity index (χ4v) is 4.66. The summed E-state index contributed by atoms with van der Waals surface area (Å²) in [6, 6.07) is 7.73. The molecule has 3 aromatic rings. The van der Waals surface area contributed by atoms with E-state index in [1.165, 1.54) is 4.90 Å². The maximum atomic E-state index is 13.5. The van der Waals surface area contributed by atoms with Crippen LogP contribution in [0.2, 0.25) is 5.15 Å². The number of amides is 1. The van der Waals surface area contributed by atoms with Crippen LogP contribution in [0.25, 0.3) is 16.7 Å². The number of anilines is 1. The normalized spacial score (nSPS) is 16.6. The third kappa shape index (κ3) is 4.04. The number of para-hydroxylation sites is 1. The van der Waals surface area contributed by atoms with Gasteiger partial charge in [0.25, 0.3) is 0 Å². The number of hydrogen-bond acceptors (Lipinski definition) is 5. The maximum Gasteiger partial charge on any atom is 0.407 e. The molecule has 8 nitrogen and oxygen atoms in total. The van der Waals surface area contributed by atoms with Crippen molar-refractivity contribution in [1.82, 2.24) is 19.4 Å². The third-order valence-corrected chi connectivity index (χ3v) is 6.64. The second-order valence-electron chi connectivity index (χ2n) is 8.96. The lowest BCUT2D eigenvalue weighted by Crippen LogP contribution is -2.54. The van der Waals surface area contributed by atoms with Crippen LogP contribution < -0.4 is 10.6 Å². The highest BCUT2D eigenvalue weighted by Gasteiger charge is 2.30. The number of aryl methyl sites for hydroxylation is 2. The van der Waals surface area contributed by atoms with Crippen LogP contribution in [0.1, 0.15) is 43.4 Å². The van der Waals surface area contributed by atoms with E-state index in [1.54, 1.807) is 4.57 Å². The molecule has 174 valence electrons. The van der Waals surface area contributed by atoms with Crippen LogP contribution in [-0.4, -0.2) is 56.3 Å². The predicted octanol–water partition coefficient (Wildman–Crippen LogP) is 4.36. The second-order valence-corrected chi connectivity index (χ2v) is 9.32. The fraction of sp³-hybridized carbons (Fsp3) is 0.417. The molecule has 1 amide bonds. The van der Waals surface area contributed by atoms with Gasteiger partial charge >= 0.3 is 11.8 Å². The molecule has 0 radical (unpaired) electrons. The van der Waals surface area contributed by atoms with Crippen LogP contribution in [-0.2, 0) is 0 Å². The van der Waals surface area contributed by atoms with Crippen molar-refractivity contribution < 1.29 is 9.90 Å². The zero-order valence-electron chi connectivity index (χ0n) is 19.5. The van der Waals surface area contributed by atoms with E-state index >= 15 is 0 Å². The Morgan fingerprint density at radius 1 is 1.18 bits per heavy atom. The van der Waals surface area contributed by atoms with Crippen molar-refractivity contribution in [3.05, 3.63) is 56.6 Å². The van der Waals surface area contributed by atoms with Crippen LogP contribution in [0.4, 0.5) is 10.6 Å². The molecule has 1 N–H and O–H groups in total. The Bertz CT molecular complexity index is 1300. The number of rotatable bonds is 3. The lowest BCUT2D eigenvalue weighted by atomic mass is 9.98. The van der Waals surface area contributed by atoms with Crippen molar-refractivity contribution in [3.8, 4) is 5.69 Å². The summed E-state index contributed by atoms with van der Waals surface area (Å²) in [5.41, 5.74) is 3.54. The molecule has 1 fully saturated rings. The Labute approximate surface area is 197 Å². The van der Waals surface area contributed by atoms with Crippen molar-refractivity contribution in [3.63, 3.8) is 0 Å². The molecule has 9 heteroatoms. The topological polar surface area (TPSA) is 91.6 Å². The summed E-state index contributed by atoms with van der Waals surface area (Å²) in [6.07, 6.45) is -0.945. The molecule has 0 saturated carbocycles. The van der Waals surface area contributed by atoms with Gasteiger partial charge in [0, 0.05) is 25.7 Å². The van der Waals surface area contributed by atoms with E-state index in [9.17, 15) is 14.7 Å². The minimum absolute atomic E-state index is 0.151. The summed E-state index contributed by atoms with van der Waals surface area (Å²) >= 11 is 6.43. The molecular weight excluding hydrogens is 442 g/mol. The summed E-state index contributed by atoms with van der Waals surface area (Å²) in [5, 5.41) is 10.4. The largest absolute Gasteiger partial charge is 0.465 e. The summed E-state index contributed by atoms with van der Waals surface area (Å²) in [4.78, 5) is 37.5. The number of aromatic nitrogens is 3. The van der Waals surface area contributed by atoms with Crippen LogP contribution >= 0.6 is 11.6 Å². The Kier molecular flexibility index (Phi) is 6.05. The van der Waals surface area contributed by atoms with Gasteiger partial charge in [-0.15, -0.1) is 0 Å². The van der Waals surface area contributed by atoms with Crippen molar-refractivity contribution in [2.45, 2.75) is 46.6 Å². The van der Waals surface area contributed by atoms with Gasteiger partial charge in [-0.05, 0) is 49.4 Å². The van der Waals surface area contributed by atoms with Gasteiger partial charge in [-0.25, -0.2) is 19.1 Å². The standard InChI is InChI=1S/C24H28ClN5O3/c1-13(2)17-8-6-7-14(3)19(17)30-22-18(11-15(4)20(25)26-22)21(27-23(30)31)29-10-9-28(24(32)33)12-16(29)5/h6-8,11,13,16H,9-10,12H2,1-5H3,(H,32,33)/t16-/m0/s1. The molecule has 1 aliphatic heterocycles. The van der Waals surface area contributed by atoms with E-state index < -0.39 is 11.8 Å². The van der Waals surface area contributed by atoms with Gasteiger partial charge < -0.3 is 14.9 Å². The number of carbonyl (C=O) groups is 1. The average molecular weight is 470 g/mol. The van der Waals surface area contributed by atoms with Gasteiger partial charge in [0.15, 0.2) is 5.65 Å². The molecule has 1 aromatic carbocycles. The zero-order valence-corrected chi connectivity index (χ0v) is 20.2. The number of pyridine rings is 1. The number of fused-ring (bicyclic) bond motifs is 1. The lowest BCUT2D eigenvalue weighted by molar-refractivity contribution is 0.136. The number of hydrogen-bond donors (Lipinski definition) is 1. The Morgan fingerprint density at radius 3 is 2.55 bits per heavy atom. The first kappa shape index (κ1) is 23.0. The van der Waals surface area contributed by atoms with Crippen molar-refractivity contribution in [1.29, 1.82) is 0 Å². The molecule has 0 aliphatic carbocycles. The number of nitrogens with zero attached hydrogens (tertiary/aromatic N) is 5. The van der Waals surface area contributed by atoms with Gasteiger partial charge in [0.05, 0.1) is 11.1 Å². The van der Waals surface area contributed by atoms with Crippen LogP contribution in [0.3, 0.4) is 0 Å². The predicted molar refractivity (Wildman–Crippen MR) is 130 cm³/mol. The number of benzene rings is 1. The quantitative estimate of drug-likeness (QED) is 0.573. The Hall–Kier alpha value is -3.13. The second kappa shape index (κ2) is 8.67. The summed E-state index contributed by atoms with van der Waals surface area (Å²) in [7, 11) is 0.